The van der Waals surface area contributed by atoms with E-state index in [9.17, 15) is 14.7 Å². The van der Waals surface area contributed by atoms with E-state index in [1.807, 2.05) is 42.3 Å². The van der Waals surface area contributed by atoms with Gasteiger partial charge in [-0.15, -0.1) is 0 Å². The van der Waals surface area contributed by atoms with Crippen LogP contribution < -0.4 is 0 Å². The van der Waals surface area contributed by atoms with Crippen LogP contribution in [0.2, 0.25) is 0 Å². The molecule has 0 aromatic heterocycles. The minimum absolute atomic E-state index is 0.0996. The molecule has 0 spiro atoms. The van der Waals surface area contributed by atoms with Gasteiger partial charge in [0.05, 0.1) is 18.4 Å². The maximum Gasteiger partial charge on any atom is 0.227 e. The first-order valence-electron chi connectivity index (χ1n) is 9.79. The molecule has 2 fully saturated rings. The van der Waals surface area contributed by atoms with Crippen LogP contribution in [0, 0.1) is 11.8 Å². The molecular formula is C21H30N2O3. The van der Waals surface area contributed by atoms with Crippen molar-refractivity contribution in [3.8, 4) is 0 Å². The minimum Gasteiger partial charge on any atom is -0.393 e. The first-order valence-corrected chi connectivity index (χ1v) is 9.79. The largest absolute Gasteiger partial charge is 0.393 e. The lowest BCUT2D eigenvalue weighted by Crippen LogP contribution is -2.47. The zero-order chi connectivity index (χ0) is 18.5. The van der Waals surface area contributed by atoms with Gasteiger partial charge in [0.15, 0.2) is 0 Å². The number of carbonyl (C=O) groups excluding carboxylic acids is 2. The highest BCUT2D eigenvalue weighted by Crippen LogP contribution is 2.27. The van der Waals surface area contributed by atoms with Crippen LogP contribution in [0.3, 0.4) is 0 Å². The summed E-state index contributed by atoms with van der Waals surface area (Å²) >= 11 is 0. The Labute approximate surface area is 156 Å². The zero-order valence-electron chi connectivity index (χ0n) is 15.6. The molecule has 142 valence electrons. The third kappa shape index (κ3) is 4.64. The first kappa shape index (κ1) is 18.9. The fraction of sp³-hybridized carbons (Fsp3) is 0.619. The molecule has 1 aromatic rings. The molecule has 1 N–H and O–H groups in total. The van der Waals surface area contributed by atoms with Crippen molar-refractivity contribution in [3.63, 3.8) is 0 Å². The Bertz CT molecular complexity index is 619. The van der Waals surface area contributed by atoms with Crippen LogP contribution in [0.4, 0.5) is 0 Å². The van der Waals surface area contributed by atoms with E-state index >= 15 is 0 Å². The molecular weight excluding hydrogens is 328 g/mol. The van der Waals surface area contributed by atoms with Crippen LogP contribution in [0.1, 0.15) is 37.7 Å². The summed E-state index contributed by atoms with van der Waals surface area (Å²) in [6, 6.07) is 9.76. The van der Waals surface area contributed by atoms with Gasteiger partial charge in [0.2, 0.25) is 11.8 Å². The molecule has 5 heteroatoms. The SMILES string of the molecule is CN(CC1CCCC1O)C(=O)C1CCCN(C(=O)Cc2ccccc2)C1. The Morgan fingerprint density at radius 2 is 1.92 bits per heavy atom. The molecule has 1 saturated heterocycles. The van der Waals surface area contributed by atoms with E-state index in [0.717, 1.165) is 44.2 Å². The highest BCUT2D eigenvalue weighted by molar-refractivity contribution is 5.82. The number of carbonyl (C=O) groups is 2. The second kappa shape index (κ2) is 8.67. The molecule has 0 radical (unpaired) electrons. The molecule has 1 aliphatic heterocycles. The Kier molecular flexibility index (Phi) is 6.30. The number of benzene rings is 1. The van der Waals surface area contributed by atoms with Gasteiger partial charge < -0.3 is 14.9 Å². The average Bonchev–Trinajstić information content (AvgIpc) is 3.06. The fourth-order valence-corrected chi connectivity index (χ4v) is 4.27. The molecule has 1 aromatic carbocycles. The summed E-state index contributed by atoms with van der Waals surface area (Å²) in [6.07, 6.45) is 4.71. The lowest BCUT2D eigenvalue weighted by Gasteiger charge is -2.35. The van der Waals surface area contributed by atoms with E-state index in [1.165, 1.54) is 0 Å². The average molecular weight is 358 g/mol. The van der Waals surface area contributed by atoms with Crippen LogP contribution >= 0.6 is 0 Å². The van der Waals surface area contributed by atoms with Crippen molar-refractivity contribution in [3.05, 3.63) is 35.9 Å². The Balaban J connectivity index is 1.53. The molecule has 2 aliphatic rings. The standard InChI is InChI=1S/C21H30N2O3/c1-22(14-17-9-5-11-19(17)24)21(26)18-10-6-12-23(15-18)20(25)13-16-7-3-2-4-8-16/h2-4,7-8,17-19,24H,5-6,9-15H2,1H3. The van der Waals surface area contributed by atoms with Crippen LogP contribution in [-0.2, 0) is 16.0 Å². The number of likely N-dealkylation sites (tertiary alicyclic amines) is 1. The van der Waals surface area contributed by atoms with Crippen molar-refractivity contribution in [2.24, 2.45) is 11.8 Å². The molecule has 2 amide bonds. The summed E-state index contributed by atoms with van der Waals surface area (Å²) in [6.45, 7) is 1.87. The first-order chi connectivity index (χ1) is 12.5. The smallest absolute Gasteiger partial charge is 0.227 e. The van der Waals surface area contributed by atoms with Crippen molar-refractivity contribution >= 4 is 11.8 Å². The number of nitrogens with zero attached hydrogens (tertiary/aromatic N) is 2. The zero-order valence-corrected chi connectivity index (χ0v) is 15.6. The van der Waals surface area contributed by atoms with Gasteiger partial charge in [-0.05, 0) is 31.2 Å². The molecule has 0 bridgehead atoms. The van der Waals surface area contributed by atoms with Gasteiger partial charge in [0, 0.05) is 32.6 Å². The lowest BCUT2D eigenvalue weighted by atomic mass is 9.95. The molecule has 26 heavy (non-hydrogen) atoms. The van der Waals surface area contributed by atoms with Gasteiger partial charge in [-0.2, -0.15) is 0 Å². The maximum absolute atomic E-state index is 12.8. The van der Waals surface area contributed by atoms with Gasteiger partial charge in [-0.3, -0.25) is 9.59 Å². The highest BCUT2D eigenvalue weighted by Gasteiger charge is 2.33. The molecule has 1 saturated carbocycles. The second-order valence-electron chi connectivity index (χ2n) is 7.82. The van der Waals surface area contributed by atoms with E-state index in [2.05, 4.69) is 0 Å². The van der Waals surface area contributed by atoms with Gasteiger partial charge in [-0.25, -0.2) is 0 Å². The summed E-state index contributed by atoms with van der Waals surface area (Å²) in [5.74, 6) is 0.291. The Morgan fingerprint density at radius 3 is 2.62 bits per heavy atom. The van der Waals surface area contributed by atoms with Crippen molar-refractivity contribution in [2.75, 3.05) is 26.7 Å². The summed E-state index contributed by atoms with van der Waals surface area (Å²) < 4.78 is 0. The van der Waals surface area contributed by atoms with Crippen molar-refractivity contribution in [1.82, 2.24) is 9.80 Å². The van der Waals surface area contributed by atoms with Gasteiger partial charge >= 0.3 is 0 Å². The monoisotopic (exact) mass is 358 g/mol. The summed E-state index contributed by atoms with van der Waals surface area (Å²) in [4.78, 5) is 29.0. The fourth-order valence-electron chi connectivity index (χ4n) is 4.27. The predicted octanol–water partition coefficient (Wildman–Crippen LogP) is 2.09. The predicted molar refractivity (Wildman–Crippen MR) is 100 cm³/mol. The topological polar surface area (TPSA) is 60.9 Å². The number of rotatable bonds is 5. The second-order valence-corrected chi connectivity index (χ2v) is 7.82. The van der Waals surface area contributed by atoms with Gasteiger partial charge in [0.1, 0.15) is 0 Å². The van der Waals surface area contributed by atoms with Gasteiger partial charge in [0.25, 0.3) is 0 Å². The molecule has 1 heterocycles. The third-order valence-electron chi connectivity index (χ3n) is 5.83. The van der Waals surface area contributed by atoms with E-state index < -0.39 is 0 Å². The Morgan fingerprint density at radius 1 is 1.15 bits per heavy atom. The molecule has 3 unspecified atom stereocenters. The van der Waals surface area contributed by atoms with E-state index in [0.29, 0.717) is 19.5 Å². The van der Waals surface area contributed by atoms with Crippen LogP contribution in [0.15, 0.2) is 30.3 Å². The van der Waals surface area contributed by atoms with E-state index in [1.54, 1.807) is 4.90 Å². The molecule has 3 rings (SSSR count). The normalized spacial score (nSPS) is 25.9. The third-order valence-corrected chi connectivity index (χ3v) is 5.83. The van der Waals surface area contributed by atoms with Crippen molar-refractivity contribution in [1.29, 1.82) is 0 Å². The molecule has 1 aliphatic carbocycles. The number of amides is 2. The minimum atomic E-state index is -0.277. The number of piperidine rings is 1. The summed E-state index contributed by atoms with van der Waals surface area (Å²) in [5.41, 5.74) is 1.01. The van der Waals surface area contributed by atoms with Crippen molar-refractivity contribution in [2.45, 2.75) is 44.6 Å². The number of hydrogen-bond acceptors (Lipinski definition) is 3. The number of aliphatic hydroxyl groups is 1. The highest BCUT2D eigenvalue weighted by atomic mass is 16.3. The lowest BCUT2D eigenvalue weighted by molar-refractivity contribution is -0.140. The van der Waals surface area contributed by atoms with E-state index in [-0.39, 0.29) is 29.8 Å². The van der Waals surface area contributed by atoms with Crippen LogP contribution in [0.25, 0.3) is 0 Å². The Hall–Kier alpha value is -1.88. The van der Waals surface area contributed by atoms with Crippen molar-refractivity contribution < 1.29 is 14.7 Å². The number of hydrogen-bond donors (Lipinski definition) is 1. The summed E-state index contributed by atoms with van der Waals surface area (Å²) in [5, 5.41) is 9.99. The van der Waals surface area contributed by atoms with Gasteiger partial charge in [-0.1, -0.05) is 36.8 Å². The van der Waals surface area contributed by atoms with Crippen LogP contribution in [-0.4, -0.2) is 59.5 Å². The summed E-state index contributed by atoms with van der Waals surface area (Å²) in [7, 11) is 1.83. The van der Waals surface area contributed by atoms with E-state index in [4.69, 9.17) is 0 Å². The quantitative estimate of drug-likeness (QED) is 0.877. The molecule has 3 atom stereocenters. The van der Waals surface area contributed by atoms with Crippen LogP contribution in [0.5, 0.6) is 0 Å². The maximum atomic E-state index is 12.8. The molecule has 5 nitrogen and oxygen atoms in total. The number of aliphatic hydroxyl groups excluding tert-OH is 1.